The number of hydrogen-bond acceptors (Lipinski definition) is 6. The molecule has 0 unspecified atom stereocenters. The van der Waals surface area contributed by atoms with E-state index in [0.29, 0.717) is 10.8 Å². The van der Waals surface area contributed by atoms with Gasteiger partial charge in [0.2, 0.25) is 0 Å². The molecular weight excluding hydrogens is 324 g/mol. The van der Waals surface area contributed by atoms with Crippen LogP contribution in [-0.4, -0.2) is 46.3 Å². The highest BCUT2D eigenvalue weighted by atomic mass is 16.5. The summed E-state index contributed by atoms with van der Waals surface area (Å²) < 4.78 is 6.27. The Morgan fingerprint density at radius 1 is 1.36 bits per heavy atom. The van der Waals surface area contributed by atoms with Crippen molar-refractivity contribution in [2.45, 2.75) is 19.4 Å². The van der Waals surface area contributed by atoms with Crippen molar-refractivity contribution in [2.24, 2.45) is 7.05 Å². The van der Waals surface area contributed by atoms with Crippen LogP contribution in [0.25, 0.3) is 10.8 Å². The zero-order chi connectivity index (χ0) is 18.6. The molecule has 0 bridgehead atoms. The highest BCUT2D eigenvalue weighted by Gasteiger charge is 2.24. The van der Waals surface area contributed by atoms with E-state index in [0.717, 1.165) is 4.68 Å². The first-order valence-corrected chi connectivity index (χ1v) is 7.65. The minimum Gasteiger partial charge on any atom is -0.448 e. The summed E-state index contributed by atoms with van der Waals surface area (Å²) in [5.41, 5.74) is -0.357. The first-order valence-electron chi connectivity index (χ1n) is 7.65. The average Bonchev–Trinajstić information content (AvgIpc) is 2.61. The van der Waals surface area contributed by atoms with Gasteiger partial charge in [0.15, 0.2) is 11.8 Å². The lowest BCUT2D eigenvalue weighted by Gasteiger charge is -2.20. The molecule has 2 aromatic rings. The van der Waals surface area contributed by atoms with Crippen molar-refractivity contribution in [2.75, 3.05) is 13.6 Å². The lowest BCUT2D eigenvalue weighted by Crippen LogP contribution is -2.38. The predicted octanol–water partition coefficient (Wildman–Crippen LogP) is 0.851. The number of carbonyl (C=O) groups is 2. The number of amides is 1. The molecule has 8 nitrogen and oxygen atoms in total. The van der Waals surface area contributed by atoms with Gasteiger partial charge in [0.05, 0.1) is 17.9 Å². The number of aromatic nitrogens is 2. The normalized spacial score (nSPS) is 11.6. The third-order valence-corrected chi connectivity index (χ3v) is 3.72. The number of benzene rings is 1. The topological polar surface area (TPSA) is 105 Å². The fourth-order valence-electron chi connectivity index (χ4n) is 2.36. The molecule has 0 saturated carbocycles. The second-order valence-electron chi connectivity index (χ2n) is 5.54. The Morgan fingerprint density at radius 2 is 2.00 bits per heavy atom. The summed E-state index contributed by atoms with van der Waals surface area (Å²) in [6.07, 6.45) is -0.843. The molecule has 0 radical (unpaired) electrons. The minimum absolute atomic E-state index is 0.0305. The average molecular weight is 342 g/mol. The molecule has 0 saturated heterocycles. The minimum atomic E-state index is -1.03. The molecule has 0 spiro atoms. The fourth-order valence-corrected chi connectivity index (χ4v) is 2.36. The van der Waals surface area contributed by atoms with Gasteiger partial charge in [0.25, 0.3) is 11.5 Å². The standard InChI is InChI=1S/C17H18N4O4/c1-11(15(22)20(2)10-6-9-18)25-17(24)14-12-7-4-5-8-13(12)16(23)21(3)19-14/h4-5,7-8,11H,6,10H2,1-3H3/t11-/m1/s1. The lowest BCUT2D eigenvalue weighted by atomic mass is 10.1. The molecule has 1 aromatic carbocycles. The fraction of sp³-hybridized carbons (Fsp3) is 0.353. The lowest BCUT2D eigenvalue weighted by molar-refractivity contribution is -0.138. The summed E-state index contributed by atoms with van der Waals surface area (Å²) in [6.45, 7) is 1.70. The highest BCUT2D eigenvalue weighted by Crippen LogP contribution is 2.15. The summed E-state index contributed by atoms with van der Waals surface area (Å²) in [4.78, 5) is 38.0. The molecule has 0 fully saturated rings. The highest BCUT2D eigenvalue weighted by molar-refractivity contribution is 6.02. The third kappa shape index (κ3) is 3.83. The van der Waals surface area contributed by atoms with Gasteiger partial charge in [-0.25, -0.2) is 9.48 Å². The summed E-state index contributed by atoms with van der Waals surface area (Å²) in [6, 6.07) is 8.52. The van der Waals surface area contributed by atoms with Crippen LogP contribution in [0.3, 0.4) is 0 Å². The van der Waals surface area contributed by atoms with Gasteiger partial charge in [-0.1, -0.05) is 18.2 Å². The van der Waals surface area contributed by atoms with Crippen LogP contribution in [0.15, 0.2) is 29.1 Å². The molecule has 8 heteroatoms. The monoisotopic (exact) mass is 342 g/mol. The number of fused-ring (bicyclic) bond motifs is 1. The Morgan fingerprint density at radius 3 is 2.64 bits per heavy atom. The van der Waals surface area contributed by atoms with Crippen molar-refractivity contribution < 1.29 is 14.3 Å². The van der Waals surface area contributed by atoms with Gasteiger partial charge >= 0.3 is 5.97 Å². The van der Waals surface area contributed by atoms with Crippen LogP contribution in [0, 0.1) is 11.3 Å². The van der Waals surface area contributed by atoms with Gasteiger partial charge in [0.1, 0.15) is 0 Å². The first-order chi connectivity index (χ1) is 11.9. The molecule has 2 rings (SSSR count). The van der Waals surface area contributed by atoms with Crippen LogP contribution in [0.5, 0.6) is 0 Å². The SMILES string of the molecule is C[C@@H](OC(=O)c1nn(C)c(=O)c2ccccc12)C(=O)N(C)CCC#N. The zero-order valence-electron chi connectivity index (χ0n) is 14.2. The molecule has 0 aliphatic carbocycles. The number of esters is 1. The van der Waals surface area contributed by atoms with Crippen LogP contribution in [0.4, 0.5) is 0 Å². The van der Waals surface area contributed by atoms with Crippen molar-refractivity contribution in [3.05, 3.63) is 40.3 Å². The van der Waals surface area contributed by atoms with Crippen LogP contribution < -0.4 is 5.56 Å². The second-order valence-corrected chi connectivity index (χ2v) is 5.54. The van der Waals surface area contributed by atoms with Gasteiger partial charge in [-0.3, -0.25) is 9.59 Å². The van der Waals surface area contributed by atoms with Gasteiger partial charge in [0, 0.05) is 26.0 Å². The molecule has 0 aliphatic heterocycles. The van der Waals surface area contributed by atoms with Crippen molar-refractivity contribution in [3.63, 3.8) is 0 Å². The van der Waals surface area contributed by atoms with E-state index in [-0.39, 0.29) is 24.2 Å². The van der Waals surface area contributed by atoms with Crippen molar-refractivity contribution in [1.29, 1.82) is 5.26 Å². The van der Waals surface area contributed by atoms with Crippen molar-refractivity contribution >= 4 is 22.6 Å². The number of ether oxygens (including phenoxy) is 1. The number of aryl methyl sites for hydroxylation is 1. The van der Waals surface area contributed by atoms with E-state index in [4.69, 9.17) is 10.00 Å². The molecule has 25 heavy (non-hydrogen) atoms. The summed E-state index contributed by atoms with van der Waals surface area (Å²) in [5, 5.41) is 13.3. The largest absolute Gasteiger partial charge is 0.448 e. The molecule has 1 aromatic heterocycles. The smallest absolute Gasteiger partial charge is 0.360 e. The third-order valence-electron chi connectivity index (χ3n) is 3.72. The predicted molar refractivity (Wildman–Crippen MR) is 89.7 cm³/mol. The maximum atomic E-state index is 12.5. The Hall–Kier alpha value is -3.21. The van der Waals surface area contributed by atoms with E-state index < -0.39 is 18.0 Å². The quantitative estimate of drug-likeness (QED) is 0.746. The number of carbonyl (C=O) groups excluding carboxylic acids is 2. The molecule has 1 amide bonds. The first kappa shape index (κ1) is 18.1. The van der Waals surface area contributed by atoms with Crippen LogP contribution in [-0.2, 0) is 16.6 Å². The van der Waals surface area contributed by atoms with Gasteiger partial charge in [-0.15, -0.1) is 0 Å². The molecule has 130 valence electrons. The molecule has 1 atom stereocenters. The number of nitrogens with zero attached hydrogens (tertiary/aromatic N) is 4. The number of nitriles is 1. The van der Waals surface area contributed by atoms with Gasteiger partial charge in [-0.05, 0) is 13.0 Å². The van der Waals surface area contributed by atoms with Crippen molar-refractivity contribution in [1.82, 2.24) is 14.7 Å². The van der Waals surface area contributed by atoms with E-state index in [9.17, 15) is 14.4 Å². The van der Waals surface area contributed by atoms with Gasteiger partial charge in [-0.2, -0.15) is 10.4 Å². The maximum absolute atomic E-state index is 12.5. The van der Waals surface area contributed by atoms with E-state index in [1.165, 1.54) is 25.9 Å². The number of rotatable bonds is 5. The Labute approximate surface area is 144 Å². The van der Waals surface area contributed by atoms with E-state index in [1.54, 1.807) is 24.3 Å². The molecule has 1 heterocycles. The number of hydrogen-bond donors (Lipinski definition) is 0. The summed E-state index contributed by atoms with van der Waals surface area (Å²) in [7, 11) is 2.97. The summed E-state index contributed by atoms with van der Waals surface area (Å²) in [5.74, 6) is -1.21. The second kappa shape index (κ2) is 7.57. The Balaban J connectivity index is 2.26. The number of likely N-dealkylation sites (N-methyl/N-ethyl adjacent to an activating group) is 1. The molecule has 0 N–H and O–H groups in total. The Bertz CT molecular complexity index is 913. The zero-order valence-corrected chi connectivity index (χ0v) is 14.2. The van der Waals surface area contributed by atoms with E-state index in [1.807, 2.05) is 6.07 Å². The molecular formula is C17H18N4O4. The Kier molecular flexibility index (Phi) is 5.49. The molecule has 0 aliphatic rings. The van der Waals surface area contributed by atoms with Crippen LogP contribution >= 0.6 is 0 Å². The van der Waals surface area contributed by atoms with Crippen molar-refractivity contribution in [3.8, 4) is 6.07 Å². The van der Waals surface area contributed by atoms with Crippen LogP contribution in [0.2, 0.25) is 0 Å². The van der Waals surface area contributed by atoms with Crippen LogP contribution in [0.1, 0.15) is 23.8 Å². The van der Waals surface area contributed by atoms with E-state index >= 15 is 0 Å². The maximum Gasteiger partial charge on any atom is 0.360 e. The van der Waals surface area contributed by atoms with Gasteiger partial charge < -0.3 is 9.64 Å². The summed E-state index contributed by atoms with van der Waals surface area (Å²) >= 11 is 0. The van der Waals surface area contributed by atoms with E-state index in [2.05, 4.69) is 5.10 Å².